The maximum Gasteiger partial charge on any atom is 0.267 e. The van der Waals surface area contributed by atoms with E-state index >= 15 is 0 Å². The highest BCUT2D eigenvalue weighted by Crippen LogP contribution is 2.36. The molecule has 0 amide bonds. The maximum atomic E-state index is 13.5. The summed E-state index contributed by atoms with van der Waals surface area (Å²) in [6.45, 7) is -0.00785. The Balaban J connectivity index is 1.81. The number of hydroxylamine groups is 1. The van der Waals surface area contributed by atoms with Gasteiger partial charge in [0.1, 0.15) is 5.82 Å². The second kappa shape index (κ2) is 7.62. The van der Waals surface area contributed by atoms with Crippen LogP contribution in [-0.2, 0) is 10.1 Å². The summed E-state index contributed by atoms with van der Waals surface area (Å²) in [6.07, 6.45) is 0.357. The van der Waals surface area contributed by atoms with Gasteiger partial charge in [0.15, 0.2) is 5.96 Å². The summed E-state index contributed by atoms with van der Waals surface area (Å²) >= 11 is 3.04. The van der Waals surface area contributed by atoms with E-state index < -0.39 is 27.1 Å². The number of nitrogens with one attached hydrogen (secondary N) is 1. The van der Waals surface area contributed by atoms with Gasteiger partial charge in [-0.2, -0.15) is 8.42 Å². The molecule has 0 unspecified atom stereocenters. The van der Waals surface area contributed by atoms with E-state index in [1.54, 1.807) is 0 Å². The molecular weight excluding hydrogens is 463 g/mol. The molecule has 1 aliphatic rings. The number of aromatic nitrogens is 2. The maximum absolute atomic E-state index is 13.5. The average Bonchev–Trinajstić information content (AvgIpc) is 3.01. The Morgan fingerprint density at radius 2 is 2.04 bits per heavy atom. The first-order valence-electron chi connectivity index (χ1n) is 7.92. The fourth-order valence-corrected chi connectivity index (χ4v) is 4.28. The Morgan fingerprint density at radius 3 is 2.61 bits per heavy atom. The molecule has 1 aromatic heterocycles. The van der Waals surface area contributed by atoms with Crippen molar-refractivity contribution < 1.29 is 27.2 Å². The van der Waals surface area contributed by atoms with Crippen LogP contribution in [0.5, 0.6) is 0 Å². The van der Waals surface area contributed by atoms with Crippen LogP contribution in [0.4, 0.5) is 21.7 Å². The number of hydrogen-bond acceptors (Lipinski definition) is 8. The minimum atomic E-state index is -4.10. The summed E-state index contributed by atoms with van der Waals surface area (Å²) in [5.41, 5.74) is 5.88. The topological polar surface area (TPSA) is 170 Å². The molecule has 2 aromatic rings. The van der Waals surface area contributed by atoms with E-state index in [4.69, 9.17) is 15.7 Å². The normalized spacial score (nSPS) is 19.1. The number of nitrogens with zero attached hydrogens (tertiary/aromatic N) is 4. The van der Waals surface area contributed by atoms with Crippen molar-refractivity contribution >= 4 is 49.3 Å². The van der Waals surface area contributed by atoms with Gasteiger partial charge in [-0.15, -0.1) is 0 Å². The summed E-state index contributed by atoms with van der Waals surface area (Å²) in [6, 6.07) is 3.87. The number of benzene rings is 1. The van der Waals surface area contributed by atoms with Crippen molar-refractivity contribution in [2.45, 2.75) is 18.1 Å². The number of guanidine groups is 1. The van der Waals surface area contributed by atoms with Crippen molar-refractivity contribution in [3.8, 4) is 0 Å². The Morgan fingerprint density at radius 1 is 1.39 bits per heavy atom. The van der Waals surface area contributed by atoms with Crippen molar-refractivity contribution in [1.29, 1.82) is 5.41 Å². The zero-order valence-electron chi connectivity index (χ0n) is 14.2. The molecule has 0 bridgehead atoms. The smallest absolute Gasteiger partial charge is 0.267 e. The Bertz CT molecular complexity index is 996. The number of nitrogens with two attached hydrogens (primary N) is 1. The van der Waals surface area contributed by atoms with Crippen molar-refractivity contribution in [1.82, 2.24) is 10.3 Å². The van der Waals surface area contributed by atoms with E-state index in [9.17, 15) is 18.0 Å². The molecule has 5 N–H and O–H groups in total. The number of hydrogen-bond donors (Lipinski definition) is 4. The van der Waals surface area contributed by atoms with Crippen molar-refractivity contribution in [2.75, 3.05) is 16.5 Å². The van der Waals surface area contributed by atoms with E-state index in [0.717, 1.165) is 11.0 Å². The molecule has 1 aromatic carbocycles. The number of halogens is 2. The molecule has 1 heterocycles. The van der Waals surface area contributed by atoms with Gasteiger partial charge in [0.25, 0.3) is 10.1 Å². The van der Waals surface area contributed by atoms with Gasteiger partial charge < -0.3 is 5.73 Å². The molecule has 1 aliphatic carbocycles. The lowest BCUT2D eigenvalue weighted by molar-refractivity contribution is 0.191. The standard InChI is InChI=1S/C14H16BrFN6O5S/c15-10-5-8(1-2-11(10)16)22(14(17)18)13-12(19-27-20-13)21(23)6-7-3-9(4-7)28(24,25)26/h1-2,5,7,9,23H,3-4,6H2,(H3,17,18)(H,24,25,26). The van der Waals surface area contributed by atoms with Crippen LogP contribution < -0.4 is 15.7 Å². The van der Waals surface area contributed by atoms with Gasteiger partial charge in [-0.3, -0.25) is 20.1 Å². The van der Waals surface area contributed by atoms with E-state index in [1.165, 1.54) is 12.1 Å². The molecule has 11 nitrogen and oxygen atoms in total. The van der Waals surface area contributed by atoms with Crippen LogP contribution in [0.25, 0.3) is 0 Å². The molecule has 0 spiro atoms. The Hall–Kier alpha value is -2.29. The van der Waals surface area contributed by atoms with Crippen LogP contribution in [0.1, 0.15) is 12.8 Å². The quantitative estimate of drug-likeness (QED) is 0.208. The van der Waals surface area contributed by atoms with Crippen molar-refractivity contribution in [3.63, 3.8) is 0 Å². The van der Waals surface area contributed by atoms with Crippen molar-refractivity contribution in [2.24, 2.45) is 11.7 Å². The van der Waals surface area contributed by atoms with Crippen LogP contribution in [0.3, 0.4) is 0 Å². The molecule has 14 heteroatoms. The number of anilines is 3. The first-order chi connectivity index (χ1) is 13.1. The van der Waals surface area contributed by atoms with Crippen LogP contribution in [0, 0.1) is 17.1 Å². The third-order valence-corrected chi connectivity index (χ3v) is 6.19. The largest absolute Gasteiger partial charge is 0.369 e. The Labute approximate surface area is 167 Å². The molecule has 1 saturated carbocycles. The zero-order chi connectivity index (χ0) is 20.6. The van der Waals surface area contributed by atoms with Crippen LogP contribution in [0.15, 0.2) is 27.3 Å². The highest BCUT2D eigenvalue weighted by Gasteiger charge is 2.39. The van der Waals surface area contributed by atoms with Crippen LogP contribution >= 0.6 is 15.9 Å². The predicted octanol–water partition coefficient (Wildman–Crippen LogP) is 1.86. The predicted molar refractivity (Wildman–Crippen MR) is 99.6 cm³/mol. The van der Waals surface area contributed by atoms with Gasteiger partial charge in [-0.1, -0.05) is 0 Å². The fraction of sp³-hybridized carbons (Fsp3) is 0.357. The molecule has 152 valence electrons. The summed E-state index contributed by atoms with van der Waals surface area (Å²) in [4.78, 5) is 1.08. The van der Waals surface area contributed by atoms with Gasteiger partial charge in [0.05, 0.1) is 22.0 Å². The average molecular weight is 479 g/mol. The van der Waals surface area contributed by atoms with E-state index in [2.05, 4.69) is 30.9 Å². The lowest BCUT2D eigenvalue weighted by Gasteiger charge is -2.34. The van der Waals surface area contributed by atoms with Crippen LogP contribution in [0.2, 0.25) is 0 Å². The Kier molecular flexibility index (Phi) is 5.56. The SMILES string of the molecule is N=C(N)N(c1ccc(F)c(Br)c1)c1nonc1N(O)CC1CC(S(=O)(=O)O)C1. The summed E-state index contributed by atoms with van der Waals surface area (Å²) in [5, 5.41) is 25.3. The molecule has 28 heavy (non-hydrogen) atoms. The van der Waals surface area contributed by atoms with Gasteiger partial charge in [0, 0.05) is 0 Å². The molecule has 0 saturated heterocycles. The molecule has 0 radical (unpaired) electrons. The first kappa shape index (κ1) is 20.4. The molecule has 0 aliphatic heterocycles. The van der Waals surface area contributed by atoms with Crippen LogP contribution in [-0.4, -0.2) is 46.2 Å². The minimum Gasteiger partial charge on any atom is -0.369 e. The lowest BCUT2D eigenvalue weighted by Crippen LogP contribution is -2.42. The summed E-state index contributed by atoms with van der Waals surface area (Å²) in [7, 11) is -4.10. The molecular formula is C14H16BrFN6O5S. The third kappa shape index (κ3) is 4.09. The molecule has 3 rings (SSSR count). The van der Waals surface area contributed by atoms with Gasteiger partial charge in [-0.05, 0) is 63.2 Å². The van der Waals surface area contributed by atoms with E-state index in [0.29, 0.717) is 5.06 Å². The third-order valence-electron chi connectivity index (χ3n) is 4.36. The first-order valence-corrected chi connectivity index (χ1v) is 10.2. The monoisotopic (exact) mass is 478 g/mol. The minimum absolute atomic E-state index is 0.00785. The highest BCUT2D eigenvalue weighted by atomic mass is 79.9. The second-order valence-electron chi connectivity index (χ2n) is 6.29. The zero-order valence-corrected chi connectivity index (χ0v) is 16.6. The summed E-state index contributed by atoms with van der Waals surface area (Å²) in [5.74, 6) is -1.50. The fourth-order valence-electron chi connectivity index (χ4n) is 2.88. The highest BCUT2D eigenvalue weighted by molar-refractivity contribution is 9.10. The molecule has 1 fully saturated rings. The van der Waals surface area contributed by atoms with Gasteiger partial charge in [0.2, 0.25) is 11.6 Å². The van der Waals surface area contributed by atoms with E-state index in [-0.39, 0.29) is 47.1 Å². The molecule has 0 atom stereocenters. The van der Waals surface area contributed by atoms with E-state index in [1.807, 2.05) is 0 Å². The second-order valence-corrected chi connectivity index (χ2v) is 8.84. The van der Waals surface area contributed by atoms with Crippen molar-refractivity contribution in [3.05, 3.63) is 28.5 Å². The van der Waals surface area contributed by atoms with Gasteiger partial charge >= 0.3 is 0 Å². The number of rotatable bonds is 6. The van der Waals surface area contributed by atoms with Gasteiger partial charge in [-0.25, -0.2) is 14.1 Å². The lowest BCUT2D eigenvalue weighted by atomic mass is 9.84. The summed E-state index contributed by atoms with van der Waals surface area (Å²) < 4.78 is 49.4.